The maximum Gasteiger partial charge on any atom is -0.00167 e. The summed E-state index contributed by atoms with van der Waals surface area (Å²) in [4.78, 5) is 0. The van der Waals surface area contributed by atoms with E-state index < -0.39 is 0 Å². The Balaban J connectivity index is -0.0000000409. The van der Waals surface area contributed by atoms with Gasteiger partial charge in [0.25, 0.3) is 0 Å². The van der Waals surface area contributed by atoms with Crippen LogP contribution in [0.5, 0.6) is 0 Å². The van der Waals surface area contributed by atoms with Crippen molar-refractivity contribution in [2.45, 2.75) is 111 Å². The highest BCUT2D eigenvalue weighted by molar-refractivity contribution is 9.38. The molecule has 0 radical (unpaired) electrons. The molecule has 0 aromatic rings. The van der Waals surface area contributed by atoms with Crippen LogP contribution in [-0.4, -0.2) is 0 Å². The van der Waals surface area contributed by atoms with Crippen LogP contribution in [0.3, 0.4) is 0 Å². The molecule has 0 fully saturated rings. The van der Waals surface area contributed by atoms with Gasteiger partial charge in [0, 0.05) is 0 Å². The maximum atomic E-state index is 3.29. The molecule has 0 heterocycles. The average molecular weight is 2620 g/mol. The van der Waals surface area contributed by atoms with E-state index in [0.717, 1.165) is 15.9 Å². The summed E-state index contributed by atoms with van der Waals surface area (Å²) in [6.07, 6.45) is 0. The number of hydrogen-bond acceptors (Lipinski definition) is 0. The minimum atomic E-state index is 0. The third-order valence-corrected chi connectivity index (χ3v) is 460. The second kappa shape index (κ2) is 100. The van der Waals surface area contributed by atoms with Gasteiger partial charge >= 0.3 is 0 Å². The van der Waals surface area contributed by atoms with Crippen molar-refractivity contribution >= 4 is 597 Å². The summed E-state index contributed by atoms with van der Waals surface area (Å²) in [7, 11) is 127. The molecule has 0 amide bonds. The first-order chi connectivity index (χ1) is 33.5. The molecule has 0 saturated heterocycles. The van der Waals surface area contributed by atoms with E-state index in [4.69, 9.17) is 0 Å². The van der Waals surface area contributed by atoms with E-state index in [1.54, 1.807) is 0 Å². The number of rotatable bonds is 30. The topological polar surface area (TPSA) is 0 Å². The second-order valence-electron chi connectivity index (χ2n) is 11.0. The van der Waals surface area contributed by atoms with Gasteiger partial charge in [-0.2, -0.15) is 0 Å². The molecule has 46 unspecified atom stereocenters. The minimum absolute atomic E-state index is 0. The van der Waals surface area contributed by atoms with E-state index in [2.05, 4.69) is 357 Å². The first-order valence-corrected chi connectivity index (χ1v) is 148. The largest absolute Gasteiger partial charge is 0.109 e. The van der Waals surface area contributed by atoms with Gasteiger partial charge in [-0.15, -0.1) is 357 Å². The normalized spacial score (nSPS) is 12.8. The highest BCUT2D eigenvalue weighted by atomic mass is 33.4. The zero-order valence-corrected chi connectivity index (χ0v) is 115. The highest BCUT2D eigenvalue weighted by Crippen LogP contribution is 3.32. The van der Waals surface area contributed by atoms with Crippen molar-refractivity contribution in [3.63, 3.8) is 0 Å². The predicted molar refractivity (Wildman–Crippen MR) is 727 cm³/mol. The first kappa shape index (κ1) is 167. The third-order valence-electron chi connectivity index (χ3n) is 5.67. The van der Waals surface area contributed by atoms with Crippen LogP contribution < -0.4 is 0 Å². The van der Waals surface area contributed by atoms with Crippen molar-refractivity contribution in [1.29, 1.82) is 0 Å². The van der Waals surface area contributed by atoms with Gasteiger partial charge in [0.05, 0.1) is 0 Å². The Bertz CT molecular complexity index is 1200. The van der Waals surface area contributed by atoms with Crippen LogP contribution in [0.1, 0.15) is 111 Å². The molecule has 0 N–H and O–H groups in total. The summed E-state index contributed by atoms with van der Waals surface area (Å²) in [5.41, 5.74) is 0. The van der Waals surface area contributed by atoms with Crippen molar-refractivity contribution in [2.24, 2.45) is 0 Å². The van der Waals surface area contributed by atoms with Crippen LogP contribution in [0.2, 0.25) is 0 Å². The predicted octanol–water partition coefficient (Wildman–Crippen LogP) is 51.3. The molecule has 0 nitrogen and oxygen atoms in total. The lowest BCUT2D eigenvalue weighted by Crippen LogP contribution is -1.56. The van der Waals surface area contributed by atoms with Gasteiger partial charge in [-0.1, -0.05) is 127 Å². The van der Waals surface area contributed by atoms with Crippen LogP contribution in [-0.2, 0) is 0 Å². The van der Waals surface area contributed by atoms with Gasteiger partial charge in [0.15, 0.2) is 0 Å². The molecule has 0 aromatic heterocycles. The third kappa shape index (κ3) is 76.1. The Labute approximate surface area is 698 Å². The fourth-order valence-electron chi connectivity index (χ4n) is 3.48. The van der Waals surface area contributed by atoms with Crippen LogP contribution in [0.25, 0.3) is 0 Å². The molecular formula is C15H142P74. The summed E-state index contributed by atoms with van der Waals surface area (Å²) >= 11 is 0. The smallest absolute Gasteiger partial charge is 0.00167 e. The standard InChI is InChI=1S/15CH4.H22P20.H21P19.H20P18.H19P17/c;;;;;;;;;;;;;;;1-12(2)17(11)20(18(13(3)4)14(5)6)19(15(7)8)16(9)10;1-11-16(10)19(17(12(2)3)13(4)5)18(14(6)7)15(8)9;1-11(2)16(12(3)4)18(15(9)10)17(13(5)6)14(7)8;1-10-15(11(2)3)17(14(8)9)16(12(4)5)13(6)7/h15*1H4;1-11H2;11H,1-10H2;1-10H2;10H,1-9H2. The van der Waals surface area contributed by atoms with Gasteiger partial charge in [-0.25, -0.2) is 0 Å². The summed E-state index contributed by atoms with van der Waals surface area (Å²) in [6.45, 7) is 3.09. The molecule has 0 aliphatic carbocycles. The first-order valence-electron chi connectivity index (χ1n) is 16.4. The molecule has 0 bridgehead atoms. The Morgan fingerprint density at radius 3 is 0.404 bits per heavy atom. The van der Waals surface area contributed by atoms with Gasteiger partial charge in [0.2, 0.25) is 0 Å². The molecule has 46 atom stereocenters. The minimum Gasteiger partial charge on any atom is -0.109 e. The van der Waals surface area contributed by atoms with Gasteiger partial charge < -0.3 is 0 Å². The fourth-order valence-corrected chi connectivity index (χ4v) is 847. The second-order valence-corrected chi connectivity index (χ2v) is 297. The maximum absolute atomic E-state index is 3.29. The van der Waals surface area contributed by atoms with E-state index in [1.807, 2.05) is 0 Å². The monoisotopic (exact) mass is 2620 g/mol. The Morgan fingerprint density at radius 1 is 0.135 bits per heavy atom. The summed E-state index contributed by atoms with van der Waals surface area (Å²) in [5.74, 6) is 0. The zero-order valence-electron chi connectivity index (χ0n) is 38.4. The van der Waals surface area contributed by atoms with Crippen molar-refractivity contribution in [3.05, 3.63) is 0 Å². The van der Waals surface area contributed by atoms with Crippen molar-refractivity contribution in [2.75, 3.05) is 0 Å². The molecule has 0 rings (SSSR count). The molecule has 0 aromatic carbocycles. The molecule has 74 heteroatoms. The van der Waals surface area contributed by atoms with Crippen molar-refractivity contribution in [1.82, 2.24) is 0 Å². The number of hydrogen-bond donors (Lipinski definition) is 0. The van der Waals surface area contributed by atoms with Gasteiger partial charge in [-0.05, 0) is 224 Å². The van der Waals surface area contributed by atoms with E-state index in [9.17, 15) is 0 Å². The lowest BCUT2D eigenvalue weighted by atomic mass is 12.0. The average Bonchev–Trinajstić information content (AvgIpc) is 3.20. The quantitative estimate of drug-likeness (QED) is 0.0629. The SMILES string of the molecule is C.C.C.C.C.C.C.C.C.C.C.C.C.C.C.PP(P)P(P(P)P)P(P(P)P)P(P(P)P)P(P)P.PP(P)P(P)P(P(P(P)P)P(P)P)P(P(P)P)P(P)P.PPP(P(P)P)P(P(P)P)P(P(P)P)P(P)P.PPP(P)P(P(P(P)P)P(P)P)P(P(P)P)P(P)P. The van der Waals surface area contributed by atoms with E-state index >= 15 is 0 Å². The lowest BCUT2D eigenvalue weighted by Gasteiger charge is -2.45. The molecule has 0 spiro atoms. The molecular weight excluding hydrogens is 2470 g/mol. The van der Waals surface area contributed by atoms with Crippen molar-refractivity contribution < 1.29 is 0 Å². The highest BCUT2D eigenvalue weighted by Gasteiger charge is 2.44. The Morgan fingerprint density at radius 2 is 0.281 bits per heavy atom. The summed E-state index contributed by atoms with van der Waals surface area (Å²) < 4.78 is 0. The van der Waals surface area contributed by atoms with Gasteiger partial charge in [-0.3, -0.25) is 0 Å². The fraction of sp³-hybridized carbons (Fsp3) is 1.00. The van der Waals surface area contributed by atoms with Crippen LogP contribution in [0.4, 0.5) is 0 Å². The zero-order chi connectivity index (χ0) is 59.9. The van der Waals surface area contributed by atoms with E-state index in [1.165, 1.54) is 0 Å². The van der Waals surface area contributed by atoms with Gasteiger partial charge in [0.1, 0.15) is 0 Å². The summed E-state index contributed by atoms with van der Waals surface area (Å²) in [5, 5.41) is 0. The Hall–Kier alpha value is 31.8. The van der Waals surface area contributed by atoms with Crippen LogP contribution in [0, 0.1) is 0 Å². The van der Waals surface area contributed by atoms with E-state index in [0.29, 0.717) is 0 Å². The molecule has 572 valence electrons. The van der Waals surface area contributed by atoms with Crippen LogP contribution >= 0.6 is 597 Å². The lowest BCUT2D eigenvalue weighted by molar-refractivity contribution is 2.50. The Kier molecular flexibility index (Phi) is 189. The summed E-state index contributed by atoms with van der Waals surface area (Å²) in [6, 6.07) is 0. The van der Waals surface area contributed by atoms with Crippen molar-refractivity contribution in [3.8, 4) is 0 Å². The van der Waals surface area contributed by atoms with Crippen LogP contribution in [0.15, 0.2) is 0 Å². The van der Waals surface area contributed by atoms with E-state index in [-0.39, 0.29) is 335 Å². The molecule has 89 heavy (non-hydrogen) atoms. The molecule has 0 saturated carbocycles. The molecule has 0 aliphatic rings. The molecule has 0 aliphatic heterocycles.